The Kier molecular flexibility index (Phi) is 7.13. The summed E-state index contributed by atoms with van der Waals surface area (Å²) in [7, 11) is 0. The highest BCUT2D eigenvalue weighted by Crippen LogP contribution is 2.26. The van der Waals surface area contributed by atoms with Gasteiger partial charge in [-0.3, -0.25) is 10.1 Å². The Labute approximate surface area is 203 Å². The third kappa shape index (κ3) is 5.45. The van der Waals surface area contributed by atoms with Crippen LogP contribution in [0.15, 0.2) is 67.0 Å². The molecule has 0 radical (unpaired) electrons. The van der Waals surface area contributed by atoms with Crippen molar-refractivity contribution in [1.82, 2.24) is 19.5 Å². The normalized spacial score (nSPS) is 10.9. The number of imidazole rings is 1. The zero-order valence-electron chi connectivity index (χ0n) is 17.6. The van der Waals surface area contributed by atoms with Gasteiger partial charge >= 0.3 is 12.1 Å². The number of carbonyl (C=O) groups excluding carboxylic acids is 2. The molecule has 0 saturated carbocycles. The molecule has 10 heteroatoms. The van der Waals surface area contributed by atoms with Crippen LogP contribution in [0.2, 0.25) is 0 Å². The second-order valence-corrected chi connectivity index (χ2v) is 7.94. The minimum Gasteiger partial charge on any atom is -0.465 e. The van der Waals surface area contributed by atoms with Gasteiger partial charge in [0.2, 0.25) is 5.95 Å². The molecule has 168 valence electrons. The number of rotatable bonds is 7. The van der Waals surface area contributed by atoms with Crippen LogP contribution >= 0.6 is 22.6 Å². The van der Waals surface area contributed by atoms with E-state index in [4.69, 9.17) is 9.47 Å². The maximum absolute atomic E-state index is 12.8. The molecule has 1 N–H and O–H groups in total. The quantitative estimate of drug-likeness (QED) is 0.205. The van der Waals surface area contributed by atoms with Crippen molar-refractivity contribution in [2.24, 2.45) is 0 Å². The first-order valence-corrected chi connectivity index (χ1v) is 11.2. The van der Waals surface area contributed by atoms with Gasteiger partial charge in [0.15, 0.2) is 11.8 Å². The highest BCUT2D eigenvalue weighted by molar-refractivity contribution is 14.1. The average Bonchev–Trinajstić information content (AvgIpc) is 3.22. The molecule has 0 unspecified atom stereocenters. The Bertz CT molecular complexity index is 1220. The molecule has 0 aliphatic rings. The predicted octanol–water partition coefficient (Wildman–Crippen LogP) is 4.33. The molecule has 0 atom stereocenters. The van der Waals surface area contributed by atoms with E-state index < -0.39 is 18.2 Å². The van der Waals surface area contributed by atoms with Crippen molar-refractivity contribution in [3.8, 4) is 0 Å². The van der Waals surface area contributed by atoms with E-state index in [2.05, 4.69) is 20.3 Å². The standard InChI is InChI=1S/C23H20IN5O4/c1-2-32-17(30)13-29-14-25-18-20(24)26-22(27-21(18)29)28-23(31)33-19(15-9-5-3-6-10-15)16-11-7-4-8-12-16/h3-12,14,19H,2,13H2,1H3,(H,26,27,28,31). The second kappa shape index (κ2) is 10.4. The van der Waals surface area contributed by atoms with Crippen molar-refractivity contribution in [2.45, 2.75) is 19.6 Å². The highest BCUT2D eigenvalue weighted by Gasteiger charge is 2.21. The Hall–Kier alpha value is -3.54. The van der Waals surface area contributed by atoms with Crippen LogP contribution in [0.3, 0.4) is 0 Å². The van der Waals surface area contributed by atoms with Crippen LogP contribution in [0.4, 0.5) is 10.7 Å². The molecule has 0 aliphatic carbocycles. The fourth-order valence-electron chi connectivity index (χ4n) is 3.24. The number of ether oxygens (including phenoxy) is 2. The summed E-state index contributed by atoms with van der Waals surface area (Å²) in [4.78, 5) is 37.6. The number of hydrogen-bond donors (Lipinski definition) is 1. The lowest BCUT2D eigenvalue weighted by atomic mass is 10.0. The zero-order valence-corrected chi connectivity index (χ0v) is 19.8. The minimum atomic E-state index is -0.709. The Morgan fingerprint density at radius 3 is 2.27 bits per heavy atom. The fraction of sp³-hybridized carbons (Fsp3) is 0.174. The number of nitrogens with one attached hydrogen (secondary N) is 1. The topological polar surface area (TPSA) is 108 Å². The zero-order chi connectivity index (χ0) is 23.2. The second-order valence-electron chi connectivity index (χ2n) is 6.92. The molecular weight excluding hydrogens is 537 g/mol. The minimum absolute atomic E-state index is 0.0439. The third-order valence-corrected chi connectivity index (χ3v) is 5.42. The maximum atomic E-state index is 12.8. The molecule has 0 aliphatic heterocycles. The maximum Gasteiger partial charge on any atom is 0.414 e. The first kappa shape index (κ1) is 22.6. The van der Waals surface area contributed by atoms with Crippen LogP contribution in [0, 0.1) is 3.70 Å². The van der Waals surface area contributed by atoms with E-state index >= 15 is 0 Å². The molecule has 2 heterocycles. The summed E-state index contributed by atoms with van der Waals surface area (Å²) in [5, 5.41) is 2.59. The van der Waals surface area contributed by atoms with Crippen molar-refractivity contribution in [2.75, 3.05) is 11.9 Å². The van der Waals surface area contributed by atoms with E-state index in [0.29, 0.717) is 14.9 Å². The number of nitrogens with zero attached hydrogens (tertiary/aromatic N) is 4. The van der Waals surface area contributed by atoms with Gasteiger partial charge in [-0.05, 0) is 40.6 Å². The summed E-state index contributed by atoms with van der Waals surface area (Å²) >= 11 is 2.00. The van der Waals surface area contributed by atoms with Gasteiger partial charge in [-0.25, -0.2) is 14.8 Å². The van der Waals surface area contributed by atoms with Crippen molar-refractivity contribution in [3.05, 3.63) is 81.8 Å². The molecule has 9 nitrogen and oxygen atoms in total. The molecule has 0 fully saturated rings. The van der Waals surface area contributed by atoms with Gasteiger partial charge in [0.1, 0.15) is 15.8 Å². The third-order valence-electron chi connectivity index (χ3n) is 4.67. The van der Waals surface area contributed by atoms with Gasteiger partial charge in [-0.2, -0.15) is 4.98 Å². The van der Waals surface area contributed by atoms with E-state index in [1.165, 1.54) is 6.33 Å². The number of hydrogen-bond acceptors (Lipinski definition) is 7. The Balaban J connectivity index is 1.57. The van der Waals surface area contributed by atoms with E-state index in [1.54, 1.807) is 11.5 Å². The van der Waals surface area contributed by atoms with Gasteiger partial charge in [0.25, 0.3) is 0 Å². The summed E-state index contributed by atoms with van der Waals surface area (Å²) in [5.74, 6) is -0.365. The van der Waals surface area contributed by atoms with Gasteiger partial charge < -0.3 is 14.0 Å². The summed E-state index contributed by atoms with van der Waals surface area (Å²) in [5.41, 5.74) is 2.58. The molecule has 2 aromatic carbocycles. The smallest absolute Gasteiger partial charge is 0.414 e. The monoisotopic (exact) mass is 557 g/mol. The van der Waals surface area contributed by atoms with Crippen molar-refractivity contribution < 1.29 is 19.1 Å². The average molecular weight is 557 g/mol. The van der Waals surface area contributed by atoms with Crippen LogP contribution in [-0.4, -0.2) is 38.2 Å². The number of fused-ring (bicyclic) bond motifs is 1. The molecule has 0 saturated heterocycles. The molecule has 4 rings (SSSR count). The lowest BCUT2D eigenvalue weighted by Crippen LogP contribution is -2.20. The van der Waals surface area contributed by atoms with E-state index in [-0.39, 0.29) is 19.1 Å². The summed E-state index contributed by atoms with van der Waals surface area (Å²) in [6, 6.07) is 18.9. The van der Waals surface area contributed by atoms with E-state index in [0.717, 1.165) is 11.1 Å². The van der Waals surface area contributed by atoms with Crippen LogP contribution < -0.4 is 5.32 Å². The number of esters is 1. The predicted molar refractivity (Wildman–Crippen MR) is 130 cm³/mol. The number of aromatic nitrogens is 4. The van der Waals surface area contributed by atoms with E-state index in [9.17, 15) is 9.59 Å². The van der Waals surface area contributed by atoms with Crippen molar-refractivity contribution >= 4 is 51.8 Å². The van der Waals surface area contributed by atoms with Crippen LogP contribution in [-0.2, 0) is 20.8 Å². The van der Waals surface area contributed by atoms with Crippen LogP contribution in [0.25, 0.3) is 11.2 Å². The van der Waals surface area contributed by atoms with Gasteiger partial charge in [0, 0.05) is 0 Å². The molecule has 0 bridgehead atoms. The first-order chi connectivity index (χ1) is 16.0. The summed E-state index contributed by atoms with van der Waals surface area (Å²) in [6.45, 7) is 1.97. The Morgan fingerprint density at radius 1 is 1.03 bits per heavy atom. The number of carbonyl (C=O) groups is 2. The highest BCUT2D eigenvalue weighted by atomic mass is 127. The number of amides is 1. The van der Waals surface area contributed by atoms with Gasteiger partial charge in [-0.1, -0.05) is 60.7 Å². The van der Waals surface area contributed by atoms with Crippen molar-refractivity contribution in [1.29, 1.82) is 0 Å². The fourth-order valence-corrected chi connectivity index (χ4v) is 3.85. The van der Waals surface area contributed by atoms with Gasteiger partial charge in [0.05, 0.1) is 12.9 Å². The van der Waals surface area contributed by atoms with Crippen molar-refractivity contribution in [3.63, 3.8) is 0 Å². The molecule has 2 aromatic heterocycles. The summed E-state index contributed by atoms with van der Waals surface area (Å²) < 4.78 is 12.8. The van der Waals surface area contributed by atoms with Crippen LogP contribution in [0.5, 0.6) is 0 Å². The lowest BCUT2D eigenvalue weighted by Gasteiger charge is -2.19. The molecule has 1 amide bonds. The largest absolute Gasteiger partial charge is 0.465 e. The molecule has 0 spiro atoms. The lowest BCUT2D eigenvalue weighted by molar-refractivity contribution is -0.143. The van der Waals surface area contributed by atoms with E-state index in [1.807, 2.05) is 83.3 Å². The SMILES string of the molecule is CCOC(=O)Cn1cnc2c(I)nc(NC(=O)OC(c3ccccc3)c3ccccc3)nc21. The number of halogens is 1. The van der Waals surface area contributed by atoms with Gasteiger partial charge in [-0.15, -0.1) is 0 Å². The molecular formula is C23H20IN5O4. The molecule has 33 heavy (non-hydrogen) atoms. The first-order valence-electron chi connectivity index (χ1n) is 10.2. The number of anilines is 1. The Morgan fingerprint density at radius 2 is 1.67 bits per heavy atom. The molecule has 4 aromatic rings. The van der Waals surface area contributed by atoms with Crippen LogP contribution in [0.1, 0.15) is 24.2 Å². The summed E-state index contributed by atoms with van der Waals surface area (Å²) in [6.07, 6.45) is 0.172. The number of benzene rings is 2.